The summed E-state index contributed by atoms with van der Waals surface area (Å²) in [4.78, 5) is 39.9. The minimum absolute atomic E-state index is 0.00995. The number of halogens is 1. The fraction of sp³-hybridized carbons (Fsp3) is 0.333. The van der Waals surface area contributed by atoms with Gasteiger partial charge in [0.05, 0.1) is 18.3 Å². The average Bonchev–Trinajstić information content (AvgIpc) is 2.97. The van der Waals surface area contributed by atoms with Gasteiger partial charge in [0.1, 0.15) is 29.8 Å². The molecule has 0 aliphatic rings. The lowest BCUT2D eigenvalue weighted by atomic mass is 10.0. The molecule has 0 aliphatic carbocycles. The van der Waals surface area contributed by atoms with Gasteiger partial charge < -0.3 is 15.0 Å². The van der Waals surface area contributed by atoms with E-state index in [1.54, 1.807) is 24.3 Å². The number of hydrogen-bond acceptors (Lipinski definition) is 7. The van der Waals surface area contributed by atoms with E-state index in [0.717, 1.165) is 24.0 Å². The van der Waals surface area contributed by atoms with Crippen molar-refractivity contribution in [3.63, 3.8) is 0 Å². The summed E-state index contributed by atoms with van der Waals surface area (Å²) in [5, 5.41) is 14.4. The standard InChI is InChI=1S/C30H35FN4O7S/c1-5-21(2)32-30(37)27(17-22-9-7-6-8-10-22)33(19-23-11-13-24(31)14-12-23)29(36)20-34(43(4,40)41)26-18-25(35(38)39)15-16-28(26)42-3/h6-16,18,21,27H,5,17,19-20H2,1-4H3,(H,32,37)/t21-,27-/m1/s1. The van der Waals surface area contributed by atoms with Gasteiger partial charge in [0.15, 0.2) is 0 Å². The molecule has 0 unspecified atom stereocenters. The summed E-state index contributed by atoms with van der Waals surface area (Å²) in [5.74, 6) is -1.71. The molecule has 13 heteroatoms. The Bertz CT molecular complexity index is 1540. The van der Waals surface area contributed by atoms with Crippen LogP contribution >= 0.6 is 0 Å². The summed E-state index contributed by atoms with van der Waals surface area (Å²) < 4.78 is 45.7. The Morgan fingerprint density at radius 1 is 1.05 bits per heavy atom. The van der Waals surface area contributed by atoms with Crippen LogP contribution in [0.25, 0.3) is 0 Å². The maximum atomic E-state index is 14.1. The Morgan fingerprint density at radius 2 is 1.70 bits per heavy atom. The van der Waals surface area contributed by atoms with Crippen LogP contribution in [-0.2, 0) is 32.6 Å². The molecule has 0 heterocycles. The maximum Gasteiger partial charge on any atom is 0.271 e. The number of non-ortho nitro benzene ring substituents is 1. The van der Waals surface area contributed by atoms with Crippen molar-refractivity contribution in [3.8, 4) is 5.75 Å². The molecule has 0 spiro atoms. The van der Waals surface area contributed by atoms with E-state index in [-0.39, 0.29) is 30.4 Å². The summed E-state index contributed by atoms with van der Waals surface area (Å²) in [6.07, 6.45) is 1.60. The Labute approximate surface area is 250 Å². The Kier molecular flexibility index (Phi) is 11.2. The SMILES string of the molecule is CC[C@@H](C)NC(=O)[C@@H](Cc1ccccc1)N(Cc1ccc(F)cc1)C(=O)CN(c1cc([N+](=O)[O-])ccc1OC)S(C)(=O)=O. The molecule has 11 nitrogen and oxygen atoms in total. The van der Waals surface area contributed by atoms with Crippen LogP contribution < -0.4 is 14.4 Å². The van der Waals surface area contributed by atoms with Crippen LogP contribution in [0.5, 0.6) is 5.75 Å². The monoisotopic (exact) mass is 614 g/mol. The van der Waals surface area contributed by atoms with Gasteiger partial charge in [-0.05, 0) is 42.7 Å². The summed E-state index contributed by atoms with van der Waals surface area (Å²) in [7, 11) is -2.93. The normalized spacial score (nSPS) is 12.6. The molecular weight excluding hydrogens is 579 g/mol. The number of anilines is 1. The highest BCUT2D eigenvalue weighted by Crippen LogP contribution is 2.34. The van der Waals surface area contributed by atoms with Crippen molar-refractivity contribution in [1.29, 1.82) is 0 Å². The van der Waals surface area contributed by atoms with E-state index >= 15 is 0 Å². The number of rotatable bonds is 14. The highest BCUT2D eigenvalue weighted by atomic mass is 32.2. The van der Waals surface area contributed by atoms with Crippen LogP contribution in [0.2, 0.25) is 0 Å². The van der Waals surface area contributed by atoms with Gasteiger partial charge in [-0.15, -0.1) is 0 Å². The predicted octanol–water partition coefficient (Wildman–Crippen LogP) is 4.06. The number of carbonyl (C=O) groups is 2. The molecule has 43 heavy (non-hydrogen) atoms. The van der Waals surface area contributed by atoms with Crippen molar-refractivity contribution >= 4 is 33.2 Å². The summed E-state index contributed by atoms with van der Waals surface area (Å²) in [6.45, 7) is 2.78. The minimum Gasteiger partial charge on any atom is -0.495 e. The number of nitrogens with zero attached hydrogens (tertiary/aromatic N) is 3. The number of carbonyl (C=O) groups excluding carboxylic acids is 2. The molecule has 2 amide bonds. The number of nitrogens with one attached hydrogen (secondary N) is 1. The predicted molar refractivity (Wildman–Crippen MR) is 161 cm³/mol. The quantitative estimate of drug-likeness (QED) is 0.213. The van der Waals surface area contributed by atoms with Crippen molar-refractivity contribution in [3.05, 3.63) is 99.9 Å². The molecule has 1 N–H and O–H groups in total. The van der Waals surface area contributed by atoms with E-state index in [2.05, 4.69) is 5.32 Å². The molecular formula is C30H35FN4O7S. The van der Waals surface area contributed by atoms with Gasteiger partial charge in [-0.3, -0.25) is 24.0 Å². The molecule has 3 aromatic rings. The first kappa shape index (κ1) is 33.0. The lowest BCUT2D eigenvalue weighted by Gasteiger charge is -2.34. The third-order valence-corrected chi connectivity index (χ3v) is 7.99. The second kappa shape index (κ2) is 14.6. The number of nitro groups is 1. The van der Waals surface area contributed by atoms with Gasteiger partial charge in [0.25, 0.3) is 5.69 Å². The zero-order valence-corrected chi connectivity index (χ0v) is 25.2. The largest absolute Gasteiger partial charge is 0.495 e. The summed E-state index contributed by atoms with van der Waals surface area (Å²) >= 11 is 0. The van der Waals surface area contributed by atoms with E-state index in [4.69, 9.17) is 4.74 Å². The van der Waals surface area contributed by atoms with E-state index < -0.39 is 50.9 Å². The fourth-order valence-corrected chi connectivity index (χ4v) is 5.21. The molecule has 2 atom stereocenters. The van der Waals surface area contributed by atoms with Crippen LogP contribution in [0.4, 0.5) is 15.8 Å². The molecule has 0 fully saturated rings. The van der Waals surface area contributed by atoms with E-state index in [9.17, 15) is 32.5 Å². The number of sulfonamides is 1. The Hall–Kier alpha value is -4.52. The van der Waals surface area contributed by atoms with E-state index in [1.165, 1.54) is 42.3 Å². The van der Waals surface area contributed by atoms with Crippen molar-refractivity contribution < 1.29 is 32.1 Å². The van der Waals surface area contributed by atoms with E-state index in [1.807, 2.05) is 19.9 Å². The number of nitro benzene ring substituents is 1. The number of benzene rings is 3. The Morgan fingerprint density at radius 3 is 2.26 bits per heavy atom. The van der Waals surface area contributed by atoms with Gasteiger partial charge in [0, 0.05) is 31.1 Å². The molecule has 0 saturated heterocycles. The first-order valence-corrected chi connectivity index (χ1v) is 15.4. The molecule has 3 rings (SSSR count). The Balaban J connectivity index is 2.13. The summed E-state index contributed by atoms with van der Waals surface area (Å²) in [5.41, 5.74) is 0.639. The lowest BCUT2D eigenvalue weighted by Crippen LogP contribution is -2.54. The number of hydrogen-bond donors (Lipinski definition) is 1. The van der Waals surface area contributed by atoms with Crippen LogP contribution in [0.3, 0.4) is 0 Å². The van der Waals surface area contributed by atoms with Crippen LogP contribution in [-0.4, -0.2) is 62.0 Å². The van der Waals surface area contributed by atoms with Gasteiger partial charge in [-0.2, -0.15) is 0 Å². The number of amides is 2. The topological polar surface area (TPSA) is 139 Å². The van der Waals surface area contributed by atoms with Gasteiger partial charge in [0.2, 0.25) is 21.8 Å². The molecule has 3 aromatic carbocycles. The van der Waals surface area contributed by atoms with Gasteiger partial charge in [-0.1, -0.05) is 49.4 Å². The molecule has 0 saturated carbocycles. The fourth-order valence-electron chi connectivity index (χ4n) is 4.36. The highest BCUT2D eigenvalue weighted by Gasteiger charge is 2.34. The molecule has 230 valence electrons. The lowest BCUT2D eigenvalue weighted by molar-refractivity contribution is -0.384. The molecule has 0 bridgehead atoms. The molecule has 0 aromatic heterocycles. The zero-order valence-electron chi connectivity index (χ0n) is 24.4. The third-order valence-electron chi connectivity index (χ3n) is 6.86. The number of ether oxygens (including phenoxy) is 1. The van der Waals surface area contributed by atoms with Crippen molar-refractivity contribution in [2.75, 3.05) is 24.2 Å². The van der Waals surface area contributed by atoms with Crippen molar-refractivity contribution in [2.24, 2.45) is 0 Å². The second-order valence-corrected chi connectivity index (χ2v) is 12.0. The minimum atomic E-state index is -4.19. The van der Waals surface area contributed by atoms with Crippen LogP contribution in [0.15, 0.2) is 72.8 Å². The van der Waals surface area contributed by atoms with Crippen molar-refractivity contribution in [2.45, 2.75) is 45.3 Å². The maximum absolute atomic E-state index is 14.1. The van der Waals surface area contributed by atoms with Crippen molar-refractivity contribution in [1.82, 2.24) is 10.2 Å². The zero-order chi connectivity index (χ0) is 31.7. The average molecular weight is 615 g/mol. The number of methoxy groups -OCH3 is 1. The van der Waals surface area contributed by atoms with Crippen LogP contribution in [0, 0.1) is 15.9 Å². The first-order chi connectivity index (χ1) is 20.3. The third kappa shape index (κ3) is 8.98. The smallest absolute Gasteiger partial charge is 0.271 e. The molecule has 0 aliphatic heterocycles. The highest BCUT2D eigenvalue weighted by molar-refractivity contribution is 7.92. The first-order valence-electron chi connectivity index (χ1n) is 13.5. The van der Waals surface area contributed by atoms with Gasteiger partial charge in [-0.25, -0.2) is 12.8 Å². The summed E-state index contributed by atoms with van der Waals surface area (Å²) in [6, 6.07) is 16.5. The van der Waals surface area contributed by atoms with Crippen LogP contribution in [0.1, 0.15) is 31.4 Å². The molecule has 0 radical (unpaired) electrons. The second-order valence-electron chi connectivity index (χ2n) is 10.1. The van der Waals surface area contributed by atoms with E-state index in [0.29, 0.717) is 16.3 Å². The van der Waals surface area contributed by atoms with Gasteiger partial charge >= 0.3 is 0 Å².